The number of nitrogens with zero attached hydrogens (tertiary/aromatic N) is 1. The monoisotopic (exact) mass is 153 g/mol. The van der Waals surface area contributed by atoms with E-state index in [-0.39, 0.29) is 11.5 Å². The van der Waals surface area contributed by atoms with Gasteiger partial charge in [0.15, 0.2) is 11.5 Å². The van der Waals surface area contributed by atoms with Crippen LogP contribution < -0.4 is 0 Å². The molecule has 4 nitrogen and oxygen atoms in total. The molecule has 11 heavy (non-hydrogen) atoms. The van der Waals surface area contributed by atoms with Gasteiger partial charge >= 0.3 is 0 Å². The lowest BCUT2D eigenvalue weighted by molar-refractivity contribution is 0.322. The summed E-state index contributed by atoms with van der Waals surface area (Å²) in [4.78, 5) is 0. The van der Waals surface area contributed by atoms with Gasteiger partial charge in [0.1, 0.15) is 0 Å². The van der Waals surface area contributed by atoms with Crippen LogP contribution in [0.15, 0.2) is 23.4 Å². The van der Waals surface area contributed by atoms with Gasteiger partial charge in [0, 0.05) is 0 Å². The third-order valence-corrected chi connectivity index (χ3v) is 1.21. The molecule has 0 fully saturated rings. The molecule has 1 rings (SSSR count). The quantitative estimate of drug-likeness (QED) is 0.243. The highest BCUT2D eigenvalue weighted by atomic mass is 16.4. The lowest BCUT2D eigenvalue weighted by Crippen LogP contribution is -1.79. The zero-order chi connectivity index (χ0) is 8.27. The molecule has 0 atom stereocenters. The first kappa shape index (κ1) is 7.40. The molecule has 0 aromatic heterocycles. The average Bonchev–Trinajstić information content (AvgIpc) is 1.98. The highest BCUT2D eigenvalue weighted by Crippen LogP contribution is 2.23. The van der Waals surface area contributed by atoms with Crippen molar-refractivity contribution in [2.45, 2.75) is 0 Å². The Bertz CT molecular complexity index is 283. The van der Waals surface area contributed by atoms with E-state index in [1.165, 1.54) is 18.2 Å². The van der Waals surface area contributed by atoms with Crippen molar-refractivity contribution in [3.8, 4) is 11.5 Å². The Morgan fingerprint density at radius 3 is 2.45 bits per heavy atom. The number of phenols is 2. The molecule has 0 saturated heterocycles. The molecule has 0 spiro atoms. The Kier molecular flexibility index (Phi) is 1.96. The highest BCUT2D eigenvalue weighted by molar-refractivity contribution is 5.80. The summed E-state index contributed by atoms with van der Waals surface area (Å²) in [5, 5.41) is 28.7. The zero-order valence-electron chi connectivity index (χ0n) is 5.60. The van der Waals surface area contributed by atoms with Gasteiger partial charge in [0.05, 0.1) is 6.21 Å². The van der Waals surface area contributed by atoms with Gasteiger partial charge in [0.25, 0.3) is 0 Å². The average molecular weight is 153 g/mol. The molecule has 0 aliphatic carbocycles. The van der Waals surface area contributed by atoms with Crippen LogP contribution in [0.1, 0.15) is 5.56 Å². The number of aromatic hydroxyl groups is 2. The summed E-state index contributed by atoms with van der Waals surface area (Å²) >= 11 is 0. The van der Waals surface area contributed by atoms with Crippen molar-refractivity contribution in [2.24, 2.45) is 5.16 Å². The lowest BCUT2D eigenvalue weighted by atomic mass is 10.2. The summed E-state index contributed by atoms with van der Waals surface area (Å²) in [6, 6.07) is 4.11. The van der Waals surface area contributed by atoms with E-state index in [9.17, 15) is 0 Å². The minimum atomic E-state index is -0.234. The van der Waals surface area contributed by atoms with E-state index in [1.54, 1.807) is 0 Å². The molecule has 1 aromatic rings. The zero-order valence-corrected chi connectivity index (χ0v) is 5.60. The van der Waals surface area contributed by atoms with Crippen LogP contribution in [0.2, 0.25) is 0 Å². The number of hydrogen-bond donors (Lipinski definition) is 3. The predicted molar refractivity (Wildman–Crippen MR) is 39.2 cm³/mol. The fourth-order valence-corrected chi connectivity index (χ4v) is 0.687. The van der Waals surface area contributed by atoms with Crippen LogP contribution in [-0.4, -0.2) is 21.6 Å². The van der Waals surface area contributed by atoms with E-state index in [0.717, 1.165) is 6.21 Å². The van der Waals surface area contributed by atoms with Gasteiger partial charge in [-0.2, -0.15) is 0 Å². The Labute approximate surface area is 63.0 Å². The molecule has 58 valence electrons. The summed E-state index contributed by atoms with van der Waals surface area (Å²) in [6.07, 6.45) is 1.15. The molecule has 0 saturated carbocycles. The highest BCUT2D eigenvalue weighted by Gasteiger charge is 1.97. The minimum Gasteiger partial charge on any atom is -0.504 e. The predicted octanol–water partition coefficient (Wildman–Crippen LogP) is 0.906. The maximum Gasteiger partial charge on any atom is 0.158 e. The molecule has 0 unspecified atom stereocenters. The van der Waals surface area contributed by atoms with E-state index in [2.05, 4.69) is 5.16 Å². The first-order valence-corrected chi connectivity index (χ1v) is 2.93. The second kappa shape index (κ2) is 2.92. The number of oxime groups is 1. The van der Waals surface area contributed by atoms with Crippen molar-refractivity contribution >= 4 is 6.21 Å². The van der Waals surface area contributed by atoms with Crippen molar-refractivity contribution in [2.75, 3.05) is 0 Å². The van der Waals surface area contributed by atoms with Gasteiger partial charge in [-0.05, 0) is 23.8 Å². The summed E-state index contributed by atoms with van der Waals surface area (Å²) in [5.74, 6) is -0.428. The largest absolute Gasteiger partial charge is 0.504 e. The molecule has 0 radical (unpaired) electrons. The number of hydrogen-bond acceptors (Lipinski definition) is 4. The SMILES string of the molecule is O/N=C\c1ccc(O)c(O)c1. The summed E-state index contributed by atoms with van der Waals surface area (Å²) in [6.45, 7) is 0. The Morgan fingerprint density at radius 1 is 1.18 bits per heavy atom. The summed E-state index contributed by atoms with van der Waals surface area (Å²) in [5.41, 5.74) is 0.516. The fraction of sp³-hybridized carbons (Fsp3) is 0. The number of rotatable bonds is 1. The molecule has 0 bridgehead atoms. The third-order valence-electron chi connectivity index (χ3n) is 1.21. The molecule has 0 amide bonds. The van der Waals surface area contributed by atoms with E-state index < -0.39 is 0 Å². The van der Waals surface area contributed by atoms with Gasteiger partial charge in [-0.25, -0.2) is 0 Å². The Morgan fingerprint density at radius 2 is 1.91 bits per heavy atom. The standard InChI is InChI=1S/C7H7NO3/c9-6-2-1-5(4-8-11)3-7(6)10/h1-4,9-11H/b8-4-. The summed E-state index contributed by atoms with van der Waals surface area (Å²) in [7, 11) is 0. The van der Waals surface area contributed by atoms with Crippen LogP contribution in [0.25, 0.3) is 0 Å². The van der Waals surface area contributed by atoms with Crippen LogP contribution in [0.4, 0.5) is 0 Å². The Hall–Kier alpha value is -1.71. The van der Waals surface area contributed by atoms with Gasteiger partial charge in [-0.1, -0.05) is 5.16 Å². The Balaban J connectivity index is 3.05. The maximum atomic E-state index is 8.93. The van der Waals surface area contributed by atoms with Crippen LogP contribution in [0.3, 0.4) is 0 Å². The smallest absolute Gasteiger partial charge is 0.158 e. The first-order chi connectivity index (χ1) is 5.24. The van der Waals surface area contributed by atoms with Gasteiger partial charge in [-0.3, -0.25) is 0 Å². The molecule has 0 aliphatic rings. The molecule has 4 heteroatoms. The van der Waals surface area contributed by atoms with Gasteiger partial charge in [-0.15, -0.1) is 0 Å². The third kappa shape index (κ3) is 1.61. The van der Waals surface area contributed by atoms with Crippen molar-refractivity contribution < 1.29 is 15.4 Å². The first-order valence-electron chi connectivity index (χ1n) is 2.93. The van der Waals surface area contributed by atoms with E-state index >= 15 is 0 Å². The van der Waals surface area contributed by atoms with Gasteiger partial charge in [0.2, 0.25) is 0 Å². The number of benzene rings is 1. The van der Waals surface area contributed by atoms with Gasteiger partial charge < -0.3 is 15.4 Å². The molecule has 1 aromatic carbocycles. The van der Waals surface area contributed by atoms with Crippen molar-refractivity contribution in [3.05, 3.63) is 23.8 Å². The lowest BCUT2D eigenvalue weighted by Gasteiger charge is -1.96. The second-order valence-corrected chi connectivity index (χ2v) is 1.99. The van der Waals surface area contributed by atoms with E-state index in [1.807, 2.05) is 0 Å². The summed E-state index contributed by atoms with van der Waals surface area (Å²) < 4.78 is 0. The minimum absolute atomic E-state index is 0.194. The van der Waals surface area contributed by atoms with Crippen LogP contribution in [0.5, 0.6) is 11.5 Å². The van der Waals surface area contributed by atoms with Crippen LogP contribution in [0, 0.1) is 0 Å². The molecule has 0 aliphatic heterocycles. The van der Waals surface area contributed by atoms with E-state index in [4.69, 9.17) is 15.4 Å². The normalized spacial score (nSPS) is 10.5. The molecule has 0 heterocycles. The fourth-order valence-electron chi connectivity index (χ4n) is 0.687. The maximum absolute atomic E-state index is 8.93. The molecular formula is C7H7NO3. The number of phenolic OH excluding ortho intramolecular Hbond substituents is 2. The molecule has 3 N–H and O–H groups in total. The van der Waals surface area contributed by atoms with Crippen molar-refractivity contribution in [1.82, 2.24) is 0 Å². The topological polar surface area (TPSA) is 73.1 Å². The second-order valence-electron chi connectivity index (χ2n) is 1.99. The molecular weight excluding hydrogens is 146 g/mol. The van der Waals surface area contributed by atoms with Crippen LogP contribution >= 0.6 is 0 Å². The van der Waals surface area contributed by atoms with Crippen molar-refractivity contribution in [3.63, 3.8) is 0 Å². The van der Waals surface area contributed by atoms with Crippen LogP contribution in [-0.2, 0) is 0 Å². The van der Waals surface area contributed by atoms with Crippen molar-refractivity contribution in [1.29, 1.82) is 0 Å². The van der Waals surface area contributed by atoms with E-state index in [0.29, 0.717) is 5.56 Å².